The van der Waals surface area contributed by atoms with E-state index in [0.717, 1.165) is 32.6 Å². The summed E-state index contributed by atoms with van der Waals surface area (Å²) in [4.78, 5) is 2.65. The molecule has 7 heteroatoms. The van der Waals surface area contributed by atoms with Gasteiger partial charge in [-0.05, 0) is 25.1 Å². The van der Waals surface area contributed by atoms with Crippen LogP contribution >= 0.6 is 0 Å². The average molecular weight is 325 g/mol. The molecular formula is C15H23N3O3S. The number of sulfonamides is 1. The molecule has 2 saturated heterocycles. The molecule has 0 bridgehead atoms. The predicted octanol–water partition coefficient (Wildman–Crippen LogP) is 0.363. The summed E-state index contributed by atoms with van der Waals surface area (Å²) in [5.74, 6) is 0.407. The third kappa shape index (κ3) is 2.99. The van der Waals surface area contributed by atoms with Crippen molar-refractivity contribution in [2.24, 2.45) is 0 Å². The smallest absolute Gasteiger partial charge is 0.246 e. The van der Waals surface area contributed by atoms with Crippen LogP contribution in [0, 0.1) is 0 Å². The first-order valence-corrected chi connectivity index (χ1v) is 9.15. The number of piperazine rings is 1. The standard InChI is InChI=1S/C15H23N3O3S/c1-21-14-4-2-3-5-15(14)22(19,20)18-10-8-17(9-11-18)13-6-7-16-12-13/h2-5,13,16H,6-12H2,1H3. The van der Waals surface area contributed by atoms with E-state index in [1.165, 1.54) is 7.11 Å². The Morgan fingerprint density at radius 2 is 1.91 bits per heavy atom. The van der Waals surface area contributed by atoms with E-state index in [1.807, 2.05) is 0 Å². The number of methoxy groups -OCH3 is 1. The number of para-hydroxylation sites is 1. The minimum Gasteiger partial charge on any atom is -0.495 e. The molecule has 1 aromatic carbocycles. The zero-order chi connectivity index (χ0) is 15.6. The highest BCUT2D eigenvalue weighted by atomic mass is 32.2. The third-order valence-electron chi connectivity index (χ3n) is 4.51. The van der Waals surface area contributed by atoms with Crippen molar-refractivity contribution < 1.29 is 13.2 Å². The van der Waals surface area contributed by atoms with Gasteiger partial charge in [0.2, 0.25) is 10.0 Å². The second-order valence-electron chi connectivity index (χ2n) is 5.74. The zero-order valence-corrected chi connectivity index (χ0v) is 13.7. The number of nitrogens with one attached hydrogen (secondary N) is 1. The van der Waals surface area contributed by atoms with Crippen LogP contribution in [-0.2, 0) is 10.0 Å². The second-order valence-corrected chi connectivity index (χ2v) is 7.64. The molecule has 1 N–H and O–H groups in total. The molecule has 3 rings (SSSR count). The fourth-order valence-electron chi connectivity index (χ4n) is 3.23. The number of benzene rings is 1. The quantitative estimate of drug-likeness (QED) is 0.866. The van der Waals surface area contributed by atoms with Gasteiger partial charge in [-0.3, -0.25) is 4.90 Å². The lowest BCUT2D eigenvalue weighted by atomic mass is 10.2. The van der Waals surface area contributed by atoms with Gasteiger partial charge in [0, 0.05) is 38.8 Å². The molecule has 22 heavy (non-hydrogen) atoms. The van der Waals surface area contributed by atoms with Crippen molar-refractivity contribution in [2.45, 2.75) is 17.4 Å². The van der Waals surface area contributed by atoms with Crippen LogP contribution in [0.1, 0.15) is 6.42 Å². The van der Waals surface area contributed by atoms with E-state index in [0.29, 0.717) is 24.9 Å². The van der Waals surface area contributed by atoms with Crippen LogP contribution in [0.3, 0.4) is 0 Å². The molecule has 1 atom stereocenters. The van der Waals surface area contributed by atoms with Gasteiger partial charge in [0.15, 0.2) is 0 Å². The summed E-state index contributed by atoms with van der Waals surface area (Å²) in [6.45, 7) is 4.73. The number of rotatable bonds is 4. The summed E-state index contributed by atoms with van der Waals surface area (Å²) in [6, 6.07) is 7.36. The van der Waals surface area contributed by atoms with E-state index in [4.69, 9.17) is 4.74 Å². The first kappa shape index (κ1) is 15.7. The molecule has 0 spiro atoms. The summed E-state index contributed by atoms with van der Waals surface area (Å²) in [7, 11) is -1.99. The van der Waals surface area contributed by atoms with Crippen molar-refractivity contribution in [1.82, 2.24) is 14.5 Å². The normalized spacial score (nSPS) is 24.5. The lowest BCUT2D eigenvalue weighted by Gasteiger charge is -2.37. The molecule has 2 heterocycles. The molecular weight excluding hydrogens is 302 g/mol. The van der Waals surface area contributed by atoms with Crippen LogP contribution in [0.15, 0.2) is 29.2 Å². The number of ether oxygens (including phenoxy) is 1. The first-order valence-electron chi connectivity index (χ1n) is 7.71. The van der Waals surface area contributed by atoms with E-state index in [9.17, 15) is 8.42 Å². The van der Waals surface area contributed by atoms with Crippen molar-refractivity contribution in [2.75, 3.05) is 46.4 Å². The van der Waals surface area contributed by atoms with Crippen LogP contribution in [0.5, 0.6) is 5.75 Å². The van der Waals surface area contributed by atoms with Gasteiger partial charge in [0.05, 0.1) is 7.11 Å². The topological polar surface area (TPSA) is 61.9 Å². The molecule has 2 aliphatic heterocycles. The number of hydrogen-bond acceptors (Lipinski definition) is 5. The largest absolute Gasteiger partial charge is 0.495 e. The zero-order valence-electron chi connectivity index (χ0n) is 12.9. The Hall–Kier alpha value is -1.15. The van der Waals surface area contributed by atoms with Crippen LogP contribution < -0.4 is 10.1 Å². The van der Waals surface area contributed by atoms with Crippen LogP contribution in [0.4, 0.5) is 0 Å². The van der Waals surface area contributed by atoms with E-state index >= 15 is 0 Å². The van der Waals surface area contributed by atoms with Gasteiger partial charge in [0.25, 0.3) is 0 Å². The minimum atomic E-state index is -3.49. The third-order valence-corrected chi connectivity index (χ3v) is 6.45. The highest BCUT2D eigenvalue weighted by molar-refractivity contribution is 7.89. The highest BCUT2D eigenvalue weighted by Crippen LogP contribution is 2.27. The summed E-state index contributed by atoms with van der Waals surface area (Å²) in [5.41, 5.74) is 0. The SMILES string of the molecule is COc1ccccc1S(=O)(=O)N1CCN(C2CCNC2)CC1. The van der Waals surface area contributed by atoms with E-state index < -0.39 is 10.0 Å². The fourth-order valence-corrected chi connectivity index (χ4v) is 4.81. The average Bonchev–Trinajstić information content (AvgIpc) is 3.09. The summed E-state index contributed by atoms with van der Waals surface area (Å²) < 4.78 is 32.4. The van der Waals surface area contributed by atoms with Crippen molar-refractivity contribution in [1.29, 1.82) is 0 Å². The molecule has 0 aliphatic carbocycles. The van der Waals surface area contributed by atoms with Gasteiger partial charge in [0.1, 0.15) is 10.6 Å². The maximum absolute atomic E-state index is 12.8. The van der Waals surface area contributed by atoms with Crippen LogP contribution in [-0.4, -0.2) is 70.0 Å². The Morgan fingerprint density at radius 3 is 2.55 bits per heavy atom. The van der Waals surface area contributed by atoms with Gasteiger partial charge in [-0.25, -0.2) is 8.42 Å². The molecule has 2 fully saturated rings. The monoisotopic (exact) mass is 325 g/mol. The Morgan fingerprint density at radius 1 is 1.18 bits per heavy atom. The van der Waals surface area contributed by atoms with Gasteiger partial charge < -0.3 is 10.1 Å². The van der Waals surface area contributed by atoms with Crippen molar-refractivity contribution >= 4 is 10.0 Å². The minimum absolute atomic E-state index is 0.258. The Bertz CT molecular complexity index is 606. The van der Waals surface area contributed by atoms with Crippen LogP contribution in [0.2, 0.25) is 0 Å². The number of nitrogens with zero attached hydrogens (tertiary/aromatic N) is 2. The highest BCUT2D eigenvalue weighted by Gasteiger charge is 2.33. The molecule has 1 aromatic rings. The van der Waals surface area contributed by atoms with Gasteiger partial charge in [-0.15, -0.1) is 0 Å². The van der Waals surface area contributed by atoms with Crippen molar-refractivity contribution in [3.05, 3.63) is 24.3 Å². The predicted molar refractivity (Wildman–Crippen MR) is 84.6 cm³/mol. The molecule has 6 nitrogen and oxygen atoms in total. The van der Waals surface area contributed by atoms with Crippen molar-refractivity contribution in [3.63, 3.8) is 0 Å². The molecule has 0 radical (unpaired) electrons. The molecule has 0 amide bonds. The summed E-state index contributed by atoms with van der Waals surface area (Å²) in [6.07, 6.45) is 1.15. The van der Waals surface area contributed by atoms with E-state index in [1.54, 1.807) is 28.6 Å². The maximum Gasteiger partial charge on any atom is 0.246 e. The van der Waals surface area contributed by atoms with E-state index in [2.05, 4.69) is 10.2 Å². The fraction of sp³-hybridized carbons (Fsp3) is 0.600. The van der Waals surface area contributed by atoms with Gasteiger partial charge in [-0.2, -0.15) is 4.31 Å². The number of hydrogen-bond donors (Lipinski definition) is 1. The Balaban J connectivity index is 1.71. The Kier molecular flexibility index (Phi) is 4.67. The Labute approximate surface area is 132 Å². The first-order chi connectivity index (χ1) is 10.6. The van der Waals surface area contributed by atoms with Gasteiger partial charge in [-0.1, -0.05) is 12.1 Å². The lowest BCUT2D eigenvalue weighted by molar-refractivity contribution is 0.145. The summed E-state index contributed by atoms with van der Waals surface area (Å²) >= 11 is 0. The lowest BCUT2D eigenvalue weighted by Crippen LogP contribution is -2.52. The molecule has 122 valence electrons. The van der Waals surface area contributed by atoms with E-state index in [-0.39, 0.29) is 4.90 Å². The molecule has 2 aliphatic rings. The summed E-state index contributed by atoms with van der Waals surface area (Å²) in [5, 5.41) is 3.36. The van der Waals surface area contributed by atoms with Gasteiger partial charge >= 0.3 is 0 Å². The molecule has 1 unspecified atom stereocenters. The van der Waals surface area contributed by atoms with Crippen LogP contribution in [0.25, 0.3) is 0 Å². The van der Waals surface area contributed by atoms with Crippen molar-refractivity contribution in [3.8, 4) is 5.75 Å². The molecule has 0 saturated carbocycles. The maximum atomic E-state index is 12.8. The second kappa shape index (κ2) is 6.54. The molecule has 0 aromatic heterocycles.